The molecular weight excluding hydrogens is 471 g/mol. The zero-order valence-corrected chi connectivity index (χ0v) is 21.0. The van der Waals surface area contributed by atoms with Crippen molar-refractivity contribution in [3.8, 4) is 5.75 Å². The highest BCUT2D eigenvalue weighted by Gasteiger charge is 2.33. The lowest BCUT2D eigenvalue weighted by Gasteiger charge is -2.24. The van der Waals surface area contributed by atoms with Crippen molar-refractivity contribution in [2.24, 2.45) is 0 Å². The molecule has 198 valence electrons. The molecule has 1 aliphatic heterocycles. The molecule has 1 unspecified atom stereocenters. The van der Waals surface area contributed by atoms with Gasteiger partial charge in [-0.1, -0.05) is 44.7 Å². The maximum Gasteiger partial charge on any atom is 0.573 e. The van der Waals surface area contributed by atoms with E-state index in [4.69, 9.17) is 0 Å². The zero-order valence-electron chi connectivity index (χ0n) is 21.0. The van der Waals surface area contributed by atoms with E-state index in [1.54, 1.807) is 19.2 Å². The molecule has 1 saturated carbocycles. The van der Waals surface area contributed by atoms with Gasteiger partial charge in [0.05, 0.1) is 5.69 Å². The van der Waals surface area contributed by atoms with Crippen LogP contribution in [0.4, 0.5) is 36.7 Å². The summed E-state index contributed by atoms with van der Waals surface area (Å²) in [5, 5.41) is 6.82. The molecule has 2 aromatic rings. The normalized spacial score (nSPS) is 19.6. The molecule has 8 nitrogen and oxygen atoms in total. The fraction of sp³-hybridized carbons (Fsp3) is 0.640. The van der Waals surface area contributed by atoms with Crippen molar-refractivity contribution in [1.29, 1.82) is 0 Å². The van der Waals surface area contributed by atoms with Gasteiger partial charge in [0.1, 0.15) is 0 Å². The van der Waals surface area contributed by atoms with E-state index in [1.807, 2.05) is 0 Å². The van der Waals surface area contributed by atoms with Crippen LogP contribution in [0.25, 0.3) is 0 Å². The molecule has 0 amide bonds. The second-order valence-electron chi connectivity index (χ2n) is 9.50. The van der Waals surface area contributed by atoms with Gasteiger partial charge in [-0.15, -0.1) is 13.2 Å². The SMILES string of the molecule is CCN1CCCC1CNc1nc(NC2CCCCCC2)nc(N(C)c2ccccc2OC(F)(F)F)n1. The molecule has 2 aliphatic rings. The smallest absolute Gasteiger partial charge is 0.404 e. The van der Waals surface area contributed by atoms with E-state index in [1.165, 1.54) is 29.9 Å². The number of likely N-dealkylation sites (N-methyl/N-ethyl adjacent to an activating group) is 1. The molecule has 1 aromatic heterocycles. The Bertz CT molecular complexity index is 982. The number of halogens is 3. The maximum atomic E-state index is 13.0. The summed E-state index contributed by atoms with van der Waals surface area (Å²) in [4.78, 5) is 17.7. The molecule has 2 fully saturated rings. The summed E-state index contributed by atoms with van der Waals surface area (Å²) in [6, 6.07) is 6.63. The number of ether oxygens (including phenoxy) is 1. The second-order valence-corrected chi connectivity index (χ2v) is 9.50. The summed E-state index contributed by atoms with van der Waals surface area (Å²) in [6.45, 7) is 4.92. The predicted octanol–water partition coefficient (Wildman–Crippen LogP) is 5.57. The molecule has 36 heavy (non-hydrogen) atoms. The summed E-state index contributed by atoms with van der Waals surface area (Å²) in [5.41, 5.74) is 0.209. The van der Waals surface area contributed by atoms with Crippen LogP contribution in [0.2, 0.25) is 0 Å². The highest BCUT2D eigenvalue weighted by atomic mass is 19.4. The van der Waals surface area contributed by atoms with Crippen LogP contribution in [0.3, 0.4) is 0 Å². The number of alkyl halides is 3. The Balaban J connectivity index is 1.60. The van der Waals surface area contributed by atoms with Crippen molar-refractivity contribution in [2.45, 2.75) is 76.7 Å². The molecular formula is C25H36F3N7O. The molecule has 1 atom stereocenters. The van der Waals surface area contributed by atoms with Crippen molar-refractivity contribution in [3.05, 3.63) is 24.3 Å². The summed E-state index contributed by atoms with van der Waals surface area (Å²) in [7, 11) is 1.63. The molecule has 1 aromatic carbocycles. The van der Waals surface area contributed by atoms with Gasteiger partial charge in [0.2, 0.25) is 17.8 Å². The molecule has 2 heterocycles. The third-order valence-electron chi connectivity index (χ3n) is 6.97. The molecule has 4 rings (SSSR count). The predicted molar refractivity (Wildman–Crippen MR) is 135 cm³/mol. The number of likely N-dealkylation sites (tertiary alicyclic amines) is 1. The minimum absolute atomic E-state index is 0.209. The summed E-state index contributed by atoms with van der Waals surface area (Å²) < 4.78 is 43.3. The average Bonchev–Trinajstić information content (AvgIpc) is 3.16. The summed E-state index contributed by atoms with van der Waals surface area (Å²) in [5.74, 6) is 0.750. The fourth-order valence-electron chi connectivity index (χ4n) is 5.07. The molecule has 1 saturated heterocycles. The Hall–Kier alpha value is -2.82. The zero-order chi connectivity index (χ0) is 25.5. The van der Waals surface area contributed by atoms with Gasteiger partial charge in [0, 0.05) is 25.7 Å². The number of nitrogens with zero attached hydrogens (tertiary/aromatic N) is 5. The van der Waals surface area contributed by atoms with E-state index in [0.717, 1.165) is 51.6 Å². The van der Waals surface area contributed by atoms with Crippen molar-refractivity contribution in [2.75, 3.05) is 42.2 Å². The summed E-state index contributed by atoms with van der Waals surface area (Å²) in [6.07, 6.45) is 4.29. The number of hydrogen-bond donors (Lipinski definition) is 2. The quantitative estimate of drug-likeness (QED) is 0.427. The molecule has 0 bridgehead atoms. The minimum atomic E-state index is -4.80. The Morgan fingerprint density at radius 2 is 1.72 bits per heavy atom. The van der Waals surface area contributed by atoms with Crippen LogP contribution in [0, 0.1) is 0 Å². The number of rotatable bonds is 9. The third kappa shape index (κ3) is 7.11. The molecule has 2 N–H and O–H groups in total. The number of nitrogens with one attached hydrogen (secondary N) is 2. The number of hydrogen-bond acceptors (Lipinski definition) is 8. The molecule has 1 aliphatic carbocycles. The first-order valence-electron chi connectivity index (χ1n) is 12.9. The van der Waals surface area contributed by atoms with E-state index in [9.17, 15) is 13.2 Å². The number of para-hydroxylation sites is 2. The van der Waals surface area contributed by atoms with E-state index in [-0.39, 0.29) is 23.4 Å². The highest BCUT2D eigenvalue weighted by molar-refractivity contribution is 5.65. The lowest BCUT2D eigenvalue weighted by atomic mass is 10.1. The van der Waals surface area contributed by atoms with Gasteiger partial charge < -0.3 is 20.3 Å². The average molecular weight is 508 g/mol. The van der Waals surface area contributed by atoms with E-state index in [0.29, 0.717) is 24.5 Å². The van der Waals surface area contributed by atoms with Crippen LogP contribution in [-0.2, 0) is 0 Å². The van der Waals surface area contributed by atoms with Gasteiger partial charge in [0.25, 0.3) is 0 Å². The number of aromatic nitrogens is 3. The lowest BCUT2D eigenvalue weighted by Crippen LogP contribution is -2.35. The molecule has 11 heteroatoms. The third-order valence-corrected chi connectivity index (χ3v) is 6.97. The van der Waals surface area contributed by atoms with Gasteiger partial charge in [-0.05, 0) is 50.9 Å². The first-order chi connectivity index (χ1) is 17.3. The standard InChI is InChI=1S/C25H36F3N7O/c1-3-35-16-10-13-19(35)17-29-22-31-23(30-18-11-6-4-5-7-12-18)33-24(32-22)34(2)20-14-8-9-15-21(20)36-25(26,27)28/h8-9,14-15,18-19H,3-7,10-13,16-17H2,1-2H3,(H2,29,30,31,32,33). The number of anilines is 4. The Morgan fingerprint density at radius 3 is 2.44 bits per heavy atom. The lowest BCUT2D eigenvalue weighted by molar-refractivity contribution is -0.274. The van der Waals surface area contributed by atoms with Crippen molar-refractivity contribution in [1.82, 2.24) is 19.9 Å². The number of benzene rings is 1. The van der Waals surface area contributed by atoms with Gasteiger partial charge in [-0.25, -0.2) is 0 Å². The highest BCUT2D eigenvalue weighted by Crippen LogP contribution is 2.35. The maximum absolute atomic E-state index is 13.0. The van der Waals surface area contributed by atoms with Gasteiger partial charge in [-0.3, -0.25) is 4.90 Å². The van der Waals surface area contributed by atoms with Gasteiger partial charge in [0.15, 0.2) is 5.75 Å². The van der Waals surface area contributed by atoms with E-state index in [2.05, 4.69) is 42.1 Å². The van der Waals surface area contributed by atoms with Gasteiger partial charge in [-0.2, -0.15) is 15.0 Å². The Kier molecular flexibility index (Phi) is 8.71. The van der Waals surface area contributed by atoms with Crippen LogP contribution in [-0.4, -0.2) is 65.0 Å². The monoisotopic (exact) mass is 507 g/mol. The topological polar surface area (TPSA) is 78.4 Å². The largest absolute Gasteiger partial charge is 0.573 e. The van der Waals surface area contributed by atoms with Crippen LogP contribution in [0.1, 0.15) is 58.3 Å². The van der Waals surface area contributed by atoms with E-state index < -0.39 is 6.36 Å². The molecule has 0 radical (unpaired) electrons. The molecule has 0 spiro atoms. The second kappa shape index (κ2) is 11.9. The van der Waals surface area contributed by atoms with Crippen LogP contribution >= 0.6 is 0 Å². The summed E-state index contributed by atoms with van der Waals surface area (Å²) >= 11 is 0. The van der Waals surface area contributed by atoms with Crippen LogP contribution in [0.5, 0.6) is 5.75 Å². The first-order valence-corrected chi connectivity index (χ1v) is 12.9. The minimum Gasteiger partial charge on any atom is -0.404 e. The van der Waals surface area contributed by atoms with Crippen LogP contribution < -0.4 is 20.3 Å². The first kappa shape index (κ1) is 26.2. The van der Waals surface area contributed by atoms with Crippen LogP contribution in [0.15, 0.2) is 24.3 Å². The van der Waals surface area contributed by atoms with Crippen molar-refractivity contribution >= 4 is 23.5 Å². The van der Waals surface area contributed by atoms with Crippen molar-refractivity contribution < 1.29 is 17.9 Å². The Morgan fingerprint density at radius 1 is 1.00 bits per heavy atom. The Labute approximate surface area is 210 Å². The van der Waals surface area contributed by atoms with Crippen molar-refractivity contribution in [3.63, 3.8) is 0 Å². The van der Waals surface area contributed by atoms with E-state index >= 15 is 0 Å². The van der Waals surface area contributed by atoms with Gasteiger partial charge >= 0.3 is 6.36 Å². The fourth-order valence-corrected chi connectivity index (χ4v) is 5.07.